The van der Waals surface area contributed by atoms with E-state index >= 15 is 0 Å². The summed E-state index contributed by atoms with van der Waals surface area (Å²) >= 11 is 0. The Hall–Kier alpha value is -1.46. The first-order valence-corrected chi connectivity index (χ1v) is 9.76. The number of carbonyl (C=O) groups is 2. The molecule has 26 heavy (non-hydrogen) atoms. The van der Waals surface area contributed by atoms with Crippen LogP contribution in [0.25, 0.3) is 0 Å². The monoisotopic (exact) mass is 366 g/mol. The summed E-state index contributed by atoms with van der Waals surface area (Å²) in [6.07, 6.45) is 12.6. The smallest absolute Gasteiger partial charge is 0.303 e. The van der Waals surface area contributed by atoms with Gasteiger partial charge in [0.25, 0.3) is 0 Å². The molecular formula is C21H34O5. The predicted molar refractivity (Wildman–Crippen MR) is 102 cm³/mol. The van der Waals surface area contributed by atoms with E-state index in [1.807, 2.05) is 12.2 Å². The van der Waals surface area contributed by atoms with E-state index in [2.05, 4.69) is 6.92 Å². The molecule has 0 unspecified atom stereocenters. The molecule has 0 radical (unpaired) electrons. The standard InChI is InChI=1S/C21H34O5/c1-3-4-9-13-21(2,26)14-12-17-16(18(22)15-19(17)23)10-7-5-6-8-11-20(24)25/h5,7,12,14,16-18,22,26H,3-4,6,8-11,13,15H2,1-2H3,(H,24,25)/b7-5-,14-12+/t16-,17-,18-,21+/m1/s1. The highest BCUT2D eigenvalue weighted by atomic mass is 16.4. The van der Waals surface area contributed by atoms with Crippen molar-refractivity contribution in [2.45, 2.75) is 83.3 Å². The molecule has 0 aromatic rings. The minimum Gasteiger partial charge on any atom is -0.481 e. The number of allylic oxidation sites excluding steroid dienone is 3. The van der Waals surface area contributed by atoms with E-state index in [0.29, 0.717) is 25.7 Å². The van der Waals surface area contributed by atoms with Gasteiger partial charge < -0.3 is 15.3 Å². The lowest BCUT2D eigenvalue weighted by Crippen LogP contribution is -2.23. The second-order valence-corrected chi connectivity index (χ2v) is 7.59. The number of hydrogen-bond acceptors (Lipinski definition) is 4. The number of rotatable bonds is 12. The number of carbonyl (C=O) groups excluding carboxylic acids is 1. The van der Waals surface area contributed by atoms with Gasteiger partial charge in [0.1, 0.15) is 5.78 Å². The van der Waals surface area contributed by atoms with Gasteiger partial charge in [0, 0.05) is 24.7 Å². The Balaban J connectivity index is 2.58. The molecular weight excluding hydrogens is 332 g/mol. The van der Waals surface area contributed by atoms with E-state index in [1.165, 1.54) is 0 Å². The molecule has 0 aromatic carbocycles. The summed E-state index contributed by atoms with van der Waals surface area (Å²) < 4.78 is 0. The van der Waals surface area contributed by atoms with Gasteiger partial charge in [-0.3, -0.25) is 9.59 Å². The van der Waals surface area contributed by atoms with Crippen LogP contribution in [0.5, 0.6) is 0 Å². The molecule has 1 fully saturated rings. The lowest BCUT2D eigenvalue weighted by molar-refractivity contribution is -0.137. The van der Waals surface area contributed by atoms with Crippen LogP contribution >= 0.6 is 0 Å². The predicted octanol–water partition coefficient (Wildman–Crippen LogP) is 3.64. The fourth-order valence-corrected chi connectivity index (χ4v) is 3.39. The van der Waals surface area contributed by atoms with E-state index in [1.54, 1.807) is 19.1 Å². The Bertz CT molecular complexity index is 507. The second kappa shape index (κ2) is 11.3. The molecule has 0 aromatic heterocycles. The van der Waals surface area contributed by atoms with Gasteiger partial charge in [0.05, 0.1) is 11.7 Å². The largest absolute Gasteiger partial charge is 0.481 e. The molecule has 1 rings (SSSR count). The molecule has 0 spiro atoms. The summed E-state index contributed by atoms with van der Waals surface area (Å²) in [5, 5.41) is 29.2. The number of hydrogen-bond donors (Lipinski definition) is 3. The third-order valence-electron chi connectivity index (χ3n) is 5.02. The third kappa shape index (κ3) is 8.28. The Kier molecular flexibility index (Phi) is 9.81. The summed E-state index contributed by atoms with van der Waals surface area (Å²) in [5.74, 6) is -1.33. The van der Waals surface area contributed by atoms with Gasteiger partial charge in [-0.15, -0.1) is 0 Å². The molecule has 1 aliphatic rings. The van der Waals surface area contributed by atoms with Gasteiger partial charge in [-0.05, 0) is 32.6 Å². The van der Waals surface area contributed by atoms with Gasteiger partial charge in [0.15, 0.2) is 0 Å². The SMILES string of the molecule is CCCCC[C@](C)(O)/C=C/[C@H]1C(=O)C[C@@H](O)[C@@H]1C/C=C\CCCC(=O)O. The fraction of sp³-hybridized carbons (Fsp3) is 0.714. The average Bonchev–Trinajstić information content (AvgIpc) is 2.82. The number of carboxylic acid groups (broad SMARTS) is 1. The van der Waals surface area contributed by atoms with E-state index < -0.39 is 17.7 Å². The van der Waals surface area contributed by atoms with Crippen molar-refractivity contribution < 1.29 is 24.9 Å². The Morgan fingerprint density at radius 2 is 2.00 bits per heavy atom. The van der Waals surface area contributed by atoms with Crippen LogP contribution in [-0.4, -0.2) is 38.8 Å². The van der Waals surface area contributed by atoms with Crippen molar-refractivity contribution in [1.82, 2.24) is 0 Å². The number of carboxylic acids is 1. The fourth-order valence-electron chi connectivity index (χ4n) is 3.39. The van der Waals surface area contributed by atoms with Crippen LogP contribution < -0.4 is 0 Å². The third-order valence-corrected chi connectivity index (χ3v) is 5.02. The van der Waals surface area contributed by atoms with Gasteiger partial charge in [-0.2, -0.15) is 0 Å². The molecule has 3 N–H and O–H groups in total. The summed E-state index contributed by atoms with van der Waals surface area (Å²) in [6, 6.07) is 0. The number of aliphatic carboxylic acids is 1. The lowest BCUT2D eigenvalue weighted by Gasteiger charge is -2.21. The van der Waals surface area contributed by atoms with Crippen molar-refractivity contribution in [2.24, 2.45) is 11.8 Å². The van der Waals surface area contributed by atoms with Crippen LogP contribution in [0.15, 0.2) is 24.3 Å². The molecule has 4 atom stereocenters. The van der Waals surface area contributed by atoms with E-state index in [-0.39, 0.29) is 30.5 Å². The molecule has 0 aliphatic heterocycles. The van der Waals surface area contributed by atoms with Crippen molar-refractivity contribution in [1.29, 1.82) is 0 Å². The summed E-state index contributed by atoms with van der Waals surface area (Å²) in [5.41, 5.74) is -0.930. The molecule has 1 saturated carbocycles. The molecule has 0 amide bonds. The summed E-state index contributed by atoms with van der Waals surface area (Å²) in [6.45, 7) is 3.87. The molecule has 0 saturated heterocycles. The number of aliphatic hydroxyl groups is 2. The zero-order chi connectivity index (χ0) is 19.6. The second-order valence-electron chi connectivity index (χ2n) is 7.59. The Labute approximate surface area is 156 Å². The number of Topliss-reactive ketones (excluding diaryl/α,β-unsaturated/α-hetero) is 1. The van der Waals surface area contributed by atoms with E-state index in [0.717, 1.165) is 19.3 Å². The number of ketones is 1. The van der Waals surface area contributed by atoms with E-state index in [4.69, 9.17) is 5.11 Å². The zero-order valence-corrected chi connectivity index (χ0v) is 16.1. The van der Waals surface area contributed by atoms with Crippen LogP contribution in [0, 0.1) is 11.8 Å². The van der Waals surface area contributed by atoms with Gasteiger partial charge >= 0.3 is 5.97 Å². The lowest BCUT2D eigenvalue weighted by atomic mass is 9.88. The molecule has 5 heteroatoms. The molecule has 5 nitrogen and oxygen atoms in total. The molecule has 0 heterocycles. The maximum atomic E-state index is 12.2. The van der Waals surface area contributed by atoms with Crippen molar-refractivity contribution in [3.05, 3.63) is 24.3 Å². The van der Waals surface area contributed by atoms with Gasteiger partial charge in [-0.25, -0.2) is 0 Å². The molecule has 0 bridgehead atoms. The molecule has 148 valence electrons. The maximum absolute atomic E-state index is 12.2. The van der Waals surface area contributed by atoms with Crippen LogP contribution in [0.1, 0.15) is 71.6 Å². The number of unbranched alkanes of at least 4 members (excludes halogenated alkanes) is 3. The van der Waals surface area contributed by atoms with Gasteiger partial charge in [0.2, 0.25) is 0 Å². The topological polar surface area (TPSA) is 94.8 Å². The van der Waals surface area contributed by atoms with Crippen LogP contribution in [0.2, 0.25) is 0 Å². The normalized spacial score (nSPS) is 26.0. The minimum absolute atomic E-state index is 0.0161. The van der Waals surface area contributed by atoms with Crippen molar-refractivity contribution in [2.75, 3.05) is 0 Å². The quantitative estimate of drug-likeness (QED) is 0.362. The first-order valence-electron chi connectivity index (χ1n) is 9.76. The van der Waals surface area contributed by atoms with Crippen LogP contribution in [-0.2, 0) is 9.59 Å². The minimum atomic E-state index is -0.930. The van der Waals surface area contributed by atoms with E-state index in [9.17, 15) is 19.8 Å². The zero-order valence-electron chi connectivity index (χ0n) is 16.1. The highest BCUT2D eigenvalue weighted by Crippen LogP contribution is 2.34. The Morgan fingerprint density at radius 1 is 1.27 bits per heavy atom. The summed E-state index contributed by atoms with van der Waals surface area (Å²) in [7, 11) is 0. The average molecular weight is 366 g/mol. The highest BCUT2D eigenvalue weighted by molar-refractivity contribution is 5.86. The van der Waals surface area contributed by atoms with Crippen LogP contribution in [0.4, 0.5) is 0 Å². The maximum Gasteiger partial charge on any atom is 0.303 e. The highest BCUT2D eigenvalue weighted by Gasteiger charge is 2.39. The Morgan fingerprint density at radius 3 is 2.65 bits per heavy atom. The van der Waals surface area contributed by atoms with Crippen molar-refractivity contribution >= 4 is 11.8 Å². The molecule has 1 aliphatic carbocycles. The van der Waals surface area contributed by atoms with Gasteiger partial charge in [-0.1, -0.05) is 50.5 Å². The first kappa shape index (κ1) is 22.6. The first-order chi connectivity index (χ1) is 12.3. The van der Waals surface area contributed by atoms with Crippen LogP contribution in [0.3, 0.4) is 0 Å². The number of aliphatic hydroxyl groups excluding tert-OH is 1. The summed E-state index contributed by atoms with van der Waals surface area (Å²) in [4.78, 5) is 22.7. The van der Waals surface area contributed by atoms with Crippen molar-refractivity contribution in [3.8, 4) is 0 Å². The van der Waals surface area contributed by atoms with Crippen molar-refractivity contribution in [3.63, 3.8) is 0 Å².